The molecular weight excluding hydrogens is 294 g/mol. The molecule has 1 aliphatic rings. The molecule has 4 nitrogen and oxygen atoms in total. The number of hydrogen-bond donors (Lipinski definition) is 1. The first-order valence-electron chi connectivity index (χ1n) is 8.52. The van der Waals surface area contributed by atoms with Crippen molar-refractivity contribution in [3.63, 3.8) is 0 Å². The van der Waals surface area contributed by atoms with E-state index in [1.54, 1.807) is 11.3 Å². The number of carbonyl (C=O) groups excluding carboxylic acids is 1. The molecule has 0 saturated carbocycles. The van der Waals surface area contributed by atoms with Crippen LogP contribution in [-0.2, 0) is 17.6 Å². The Bertz CT molecular complexity index is 464. The van der Waals surface area contributed by atoms with E-state index in [-0.39, 0.29) is 5.91 Å². The lowest BCUT2D eigenvalue weighted by Crippen LogP contribution is -2.39. The fourth-order valence-electron chi connectivity index (χ4n) is 2.94. The number of nitrogens with one attached hydrogen (secondary N) is 1. The van der Waals surface area contributed by atoms with Crippen LogP contribution < -0.4 is 5.32 Å². The molecule has 124 valence electrons. The van der Waals surface area contributed by atoms with Crippen molar-refractivity contribution in [2.24, 2.45) is 5.92 Å². The molecule has 1 aromatic rings. The number of likely N-dealkylation sites (tertiary alicyclic amines) is 1. The average Bonchev–Trinajstić information content (AvgIpc) is 2.96. The summed E-state index contributed by atoms with van der Waals surface area (Å²) in [6.07, 6.45) is 4.82. The van der Waals surface area contributed by atoms with Crippen LogP contribution in [0.3, 0.4) is 0 Å². The number of hydrogen-bond acceptors (Lipinski definition) is 4. The quantitative estimate of drug-likeness (QED) is 0.839. The molecule has 1 fully saturated rings. The summed E-state index contributed by atoms with van der Waals surface area (Å²) in [7, 11) is 0. The van der Waals surface area contributed by atoms with Gasteiger partial charge in [0.2, 0.25) is 5.91 Å². The van der Waals surface area contributed by atoms with Crippen LogP contribution in [0.1, 0.15) is 50.7 Å². The van der Waals surface area contributed by atoms with Crippen LogP contribution in [0.2, 0.25) is 0 Å². The van der Waals surface area contributed by atoms with Crippen LogP contribution in [0.5, 0.6) is 0 Å². The number of carbonyl (C=O) groups is 1. The second-order valence-corrected chi connectivity index (χ2v) is 7.41. The van der Waals surface area contributed by atoms with Crippen LogP contribution in [0.15, 0.2) is 5.38 Å². The zero-order valence-electron chi connectivity index (χ0n) is 14.1. The fraction of sp³-hybridized carbons (Fsp3) is 0.765. The maximum absolute atomic E-state index is 12.0. The Labute approximate surface area is 138 Å². The lowest BCUT2D eigenvalue weighted by atomic mass is 9.92. The Morgan fingerprint density at radius 1 is 1.45 bits per heavy atom. The van der Waals surface area contributed by atoms with E-state index in [9.17, 15) is 4.79 Å². The van der Waals surface area contributed by atoms with E-state index in [0.29, 0.717) is 24.9 Å². The lowest BCUT2D eigenvalue weighted by molar-refractivity contribution is -0.122. The molecule has 0 aliphatic carbocycles. The van der Waals surface area contributed by atoms with Crippen LogP contribution >= 0.6 is 11.3 Å². The number of nitrogens with zero attached hydrogens (tertiary/aromatic N) is 2. The molecule has 1 N–H and O–H groups in total. The first kappa shape index (κ1) is 17.4. The first-order valence-corrected chi connectivity index (χ1v) is 9.40. The van der Waals surface area contributed by atoms with Gasteiger partial charge in [-0.3, -0.25) is 4.79 Å². The monoisotopic (exact) mass is 323 g/mol. The number of thiazole rings is 1. The molecule has 0 atom stereocenters. The second kappa shape index (κ2) is 8.63. The van der Waals surface area contributed by atoms with Gasteiger partial charge in [0.25, 0.3) is 0 Å². The van der Waals surface area contributed by atoms with E-state index in [4.69, 9.17) is 0 Å². The number of aromatic nitrogens is 1. The zero-order valence-corrected chi connectivity index (χ0v) is 14.9. The minimum Gasteiger partial charge on any atom is -0.356 e. The lowest BCUT2D eigenvalue weighted by Gasteiger charge is -2.34. The van der Waals surface area contributed by atoms with E-state index in [1.165, 1.54) is 0 Å². The zero-order chi connectivity index (χ0) is 15.9. The summed E-state index contributed by atoms with van der Waals surface area (Å²) in [4.78, 5) is 19.1. The largest absolute Gasteiger partial charge is 0.356 e. The summed E-state index contributed by atoms with van der Waals surface area (Å²) in [5.41, 5.74) is 1.16. The van der Waals surface area contributed by atoms with Gasteiger partial charge in [-0.15, -0.1) is 11.3 Å². The van der Waals surface area contributed by atoms with Crippen LogP contribution in [0, 0.1) is 5.92 Å². The standard InChI is InChI=1S/C17H29N3OS/c1-4-15-12-22-17(19-15)5-8-18-16(21)11-14-6-9-20(10-7-14)13(2)3/h12-14H,4-11H2,1-3H3,(H,18,21). The molecule has 2 heterocycles. The highest BCUT2D eigenvalue weighted by Crippen LogP contribution is 2.21. The molecule has 0 radical (unpaired) electrons. The number of piperidine rings is 1. The molecule has 0 spiro atoms. The number of amides is 1. The van der Waals surface area contributed by atoms with Crippen LogP contribution in [0.25, 0.3) is 0 Å². The van der Waals surface area contributed by atoms with Crippen molar-refractivity contribution < 1.29 is 4.79 Å². The SMILES string of the molecule is CCc1csc(CCNC(=O)CC2CCN(C(C)C)CC2)n1. The third kappa shape index (κ3) is 5.36. The fourth-order valence-corrected chi connectivity index (χ4v) is 3.82. The maximum atomic E-state index is 12.0. The molecule has 1 saturated heterocycles. The summed E-state index contributed by atoms with van der Waals surface area (Å²) < 4.78 is 0. The molecule has 5 heteroatoms. The minimum absolute atomic E-state index is 0.204. The van der Waals surface area contributed by atoms with Crippen molar-refractivity contribution >= 4 is 17.2 Å². The van der Waals surface area contributed by atoms with Gasteiger partial charge in [0.05, 0.1) is 10.7 Å². The van der Waals surface area contributed by atoms with Gasteiger partial charge in [-0.1, -0.05) is 6.92 Å². The van der Waals surface area contributed by atoms with Gasteiger partial charge in [0, 0.05) is 30.8 Å². The molecule has 0 bridgehead atoms. The Morgan fingerprint density at radius 2 is 2.18 bits per heavy atom. The van der Waals surface area contributed by atoms with Crippen molar-refractivity contribution in [2.45, 2.75) is 58.9 Å². The van der Waals surface area contributed by atoms with Gasteiger partial charge in [-0.2, -0.15) is 0 Å². The molecule has 1 aromatic heterocycles. The van der Waals surface area contributed by atoms with Gasteiger partial charge in [0.1, 0.15) is 0 Å². The highest BCUT2D eigenvalue weighted by Gasteiger charge is 2.22. The van der Waals surface area contributed by atoms with Crippen LogP contribution in [0.4, 0.5) is 0 Å². The Hall–Kier alpha value is -0.940. The van der Waals surface area contributed by atoms with E-state index < -0.39 is 0 Å². The Kier molecular flexibility index (Phi) is 6.83. The molecule has 0 aromatic carbocycles. The van der Waals surface area contributed by atoms with E-state index in [2.05, 4.69) is 41.4 Å². The highest BCUT2D eigenvalue weighted by molar-refractivity contribution is 7.09. The summed E-state index contributed by atoms with van der Waals surface area (Å²) in [6, 6.07) is 0.626. The third-order valence-corrected chi connectivity index (χ3v) is 5.43. The Morgan fingerprint density at radius 3 is 2.77 bits per heavy atom. The van der Waals surface area contributed by atoms with E-state index >= 15 is 0 Å². The predicted octanol–water partition coefficient (Wildman–Crippen LogP) is 2.87. The van der Waals surface area contributed by atoms with Crippen molar-refractivity contribution in [1.82, 2.24) is 15.2 Å². The average molecular weight is 324 g/mol. The first-order chi connectivity index (χ1) is 10.6. The summed E-state index contributed by atoms with van der Waals surface area (Å²) >= 11 is 1.70. The number of aryl methyl sites for hydroxylation is 1. The maximum Gasteiger partial charge on any atom is 0.220 e. The van der Waals surface area contributed by atoms with Crippen molar-refractivity contribution in [1.29, 1.82) is 0 Å². The highest BCUT2D eigenvalue weighted by atomic mass is 32.1. The van der Waals surface area contributed by atoms with Gasteiger partial charge >= 0.3 is 0 Å². The molecular formula is C17H29N3OS. The third-order valence-electron chi connectivity index (χ3n) is 4.48. The van der Waals surface area contributed by atoms with Crippen molar-refractivity contribution in [3.8, 4) is 0 Å². The normalized spacial score (nSPS) is 17.1. The van der Waals surface area contributed by atoms with Crippen LogP contribution in [-0.4, -0.2) is 41.5 Å². The van der Waals surface area contributed by atoms with Crippen molar-refractivity contribution in [3.05, 3.63) is 16.1 Å². The molecule has 1 amide bonds. The topological polar surface area (TPSA) is 45.2 Å². The summed E-state index contributed by atoms with van der Waals surface area (Å²) in [6.45, 7) is 9.58. The number of rotatable bonds is 7. The van der Waals surface area contributed by atoms with Gasteiger partial charge in [-0.05, 0) is 52.1 Å². The van der Waals surface area contributed by atoms with Gasteiger partial charge in [-0.25, -0.2) is 4.98 Å². The molecule has 2 rings (SSSR count). The van der Waals surface area contributed by atoms with Gasteiger partial charge in [0.15, 0.2) is 0 Å². The van der Waals surface area contributed by atoms with E-state index in [0.717, 1.165) is 49.5 Å². The minimum atomic E-state index is 0.204. The Balaban J connectivity index is 1.62. The van der Waals surface area contributed by atoms with Crippen molar-refractivity contribution in [2.75, 3.05) is 19.6 Å². The predicted molar refractivity (Wildman–Crippen MR) is 92.3 cm³/mol. The second-order valence-electron chi connectivity index (χ2n) is 6.46. The smallest absolute Gasteiger partial charge is 0.220 e. The molecule has 22 heavy (non-hydrogen) atoms. The summed E-state index contributed by atoms with van der Waals surface area (Å²) in [5.74, 6) is 0.761. The van der Waals surface area contributed by atoms with Gasteiger partial charge < -0.3 is 10.2 Å². The summed E-state index contributed by atoms with van der Waals surface area (Å²) in [5, 5.41) is 6.29. The molecule has 0 unspecified atom stereocenters. The molecule has 1 aliphatic heterocycles. The van der Waals surface area contributed by atoms with E-state index in [1.807, 2.05) is 0 Å².